The highest BCUT2D eigenvalue weighted by Gasteiger charge is 2.27. The van der Waals surface area contributed by atoms with Crippen molar-refractivity contribution < 1.29 is 0 Å². The molecule has 15 heavy (non-hydrogen) atoms. The Morgan fingerprint density at radius 2 is 1.60 bits per heavy atom. The van der Waals surface area contributed by atoms with Gasteiger partial charge in [-0.05, 0) is 30.5 Å². The summed E-state index contributed by atoms with van der Waals surface area (Å²) in [4.78, 5) is 0. The van der Waals surface area contributed by atoms with Crippen LogP contribution in [0.25, 0.3) is 0 Å². The molecule has 0 heterocycles. The topological polar surface area (TPSA) is 0 Å². The molecular weight excluding hydrogens is 313 g/mol. The first-order chi connectivity index (χ1) is 6.72. The largest absolute Gasteiger partial charge is 0.345 e. The van der Waals surface area contributed by atoms with Crippen LogP contribution in [0, 0.1) is 13.8 Å². The van der Waals surface area contributed by atoms with Crippen molar-refractivity contribution in [2.75, 3.05) is 0 Å². The Bertz CT molecular complexity index is 383. The zero-order valence-corrected chi connectivity index (χ0v) is 13.0. The summed E-state index contributed by atoms with van der Waals surface area (Å²) in [6, 6.07) is -0.410. The van der Waals surface area contributed by atoms with E-state index in [0.29, 0.717) is 16.1 Å². The molecular formula is C9H9Cl5Si. The maximum atomic E-state index is 6.14. The Labute approximate surface area is 115 Å². The molecule has 0 saturated carbocycles. The van der Waals surface area contributed by atoms with E-state index in [4.69, 9.17) is 56.4 Å². The Kier molecular flexibility index (Phi) is 4.68. The Hall–Kier alpha value is 0.887. The van der Waals surface area contributed by atoms with E-state index in [1.54, 1.807) is 0 Å². The minimum atomic E-state index is -2.70. The minimum absolute atomic E-state index is 0.412. The molecule has 6 heteroatoms. The van der Waals surface area contributed by atoms with E-state index in [0.717, 1.165) is 16.7 Å². The lowest BCUT2D eigenvalue weighted by molar-refractivity contribution is 1.29. The van der Waals surface area contributed by atoms with Crippen molar-refractivity contribution in [1.82, 2.24) is 0 Å². The van der Waals surface area contributed by atoms with Gasteiger partial charge in [0.25, 0.3) is 0 Å². The molecule has 0 N–H and O–H groups in total. The zero-order valence-electron chi connectivity index (χ0n) is 8.17. The molecule has 0 atom stereocenters. The van der Waals surface area contributed by atoms with Crippen LogP contribution in [0.5, 0.6) is 0 Å². The highest BCUT2D eigenvalue weighted by molar-refractivity contribution is 7.64. The van der Waals surface area contributed by atoms with Crippen molar-refractivity contribution in [1.29, 1.82) is 0 Å². The van der Waals surface area contributed by atoms with E-state index in [9.17, 15) is 0 Å². The van der Waals surface area contributed by atoms with Gasteiger partial charge in [-0.3, -0.25) is 0 Å². The predicted octanol–water partition coefficient (Wildman–Crippen LogP) is 5.35. The standard InChI is InChI=1S/C9H9Cl5Si/c1-5-3-7(4-15(12,13)14)9(11)6(2)8(5)10/h3H,4H2,1-2H3. The fraction of sp³-hybridized carbons (Fsp3) is 0.333. The monoisotopic (exact) mass is 320 g/mol. The van der Waals surface area contributed by atoms with Crippen LogP contribution >= 0.6 is 56.4 Å². The summed E-state index contributed by atoms with van der Waals surface area (Å²) in [5, 5.41) is 1.28. The highest BCUT2D eigenvalue weighted by atomic mass is 35.8. The van der Waals surface area contributed by atoms with Gasteiger partial charge in [0, 0.05) is 16.1 Å². The first kappa shape index (κ1) is 13.9. The molecule has 0 aliphatic heterocycles. The van der Waals surface area contributed by atoms with Crippen LogP contribution in [0.15, 0.2) is 6.07 Å². The van der Waals surface area contributed by atoms with Gasteiger partial charge in [-0.2, -0.15) is 0 Å². The van der Waals surface area contributed by atoms with E-state index in [-0.39, 0.29) is 0 Å². The van der Waals surface area contributed by atoms with Gasteiger partial charge in [-0.25, -0.2) is 0 Å². The van der Waals surface area contributed by atoms with Gasteiger partial charge >= 0.3 is 6.00 Å². The molecule has 0 aliphatic rings. The van der Waals surface area contributed by atoms with Crippen LogP contribution in [-0.4, -0.2) is 6.00 Å². The normalized spacial score (nSPS) is 11.9. The van der Waals surface area contributed by atoms with Gasteiger partial charge in [0.05, 0.1) is 0 Å². The molecule has 0 bridgehead atoms. The third-order valence-corrected chi connectivity index (χ3v) is 5.16. The van der Waals surface area contributed by atoms with Crippen molar-refractivity contribution in [3.63, 3.8) is 0 Å². The van der Waals surface area contributed by atoms with Gasteiger partial charge in [-0.1, -0.05) is 29.3 Å². The lowest BCUT2D eigenvalue weighted by atomic mass is 10.1. The molecule has 0 nitrogen and oxygen atoms in total. The zero-order chi connectivity index (χ0) is 11.8. The average Bonchev–Trinajstić information content (AvgIpc) is 2.08. The summed E-state index contributed by atoms with van der Waals surface area (Å²) >= 11 is 29.8. The second-order valence-electron chi connectivity index (χ2n) is 3.40. The minimum Gasteiger partial charge on any atom is -0.126 e. The van der Waals surface area contributed by atoms with Gasteiger partial charge in [0.1, 0.15) is 0 Å². The summed E-state index contributed by atoms with van der Waals surface area (Å²) in [7, 11) is 0. The van der Waals surface area contributed by atoms with Gasteiger partial charge in [-0.15, -0.1) is 33.2 Å². The molecule has 84 valence electrons. The number of aryl methyl sites for hydroxylation is 1. The molecule has 0 unspecified atom stereocenters. The van der Waals surface area contributed by atoms with Gasteiger partial charge in [0.2, 0.25) is 0 Å². The lowest BCUT2D eigenvalue weighted by Gasteiger charge is -2.14. The predicted molar refractivity (Wildman–Crippen MR) is 73.0 cm³/mol. The molecule has 0 aliphatic carbocycles. The Balaban J connectivity index is 3.21. The Morgan fingerprint density at radius 1 is 1.07 bits per heavy atom. The fourth-order valence-corrected chi connectivity index (χ4v) is 3.90. The summed E-state index contributed by atoms with van der Waals surface area (Å²) in [6.45, 7) is 3.77. The summed E-state index contributed by atoms with van der Waals surface area (Å²) in [5.41, 5.74) is 2.66. The van der Waals surface area contributed by atoms with Crippen molar-refractivity contribution >= 4 is 62.4 Å². The molecule has 0 radical (unpaired) electrons. The van der Waals surface area contributed by atoms with E-state index in [2.05, 4.69) is 0 Å². The number of benzene rings is 1. The van der Waals surface area contributed by atoms with Crippen molar-refractivity contribution in [3.05, 3.63) is 32.8 Å². The summed E-state index contributed by atoms with van der Waals surface area (Å²) in [5.74, 6) is 0. The Morgan fingerprint density at radius 3 is 2.07 bits per heavy atom. The second-order valence-corrected chi connectivity index (χ2v) is 13.3. The van der Waals surface area contributed by atoms with Crippen LogP contribution in [-0.2, 0) is 6.04 Å². The highest BCUT2D eigenvalue weighted by Crippen LogP contribution is 2.34. The van der Waals surface area contributed by atoms with Crippen LogP contribution < -0.4 is 0 Å². The smallest absolute Gasteiger partial charge is 0.126 e. The van der Waals surface area contributed by atoms with Crippen LogP contribution in [0.3, 0.4) is 0 Å². The van der Waals surface area contributed by atoms with Crippen molar-refractivity contribution in [2.45, 2.75) is 19.9 Å². The maximum Gasteiger partial charge on any atom is 0.345 e. The van der Waals surface area contributed by atoms with E-state index >= 15 is 0 Å². The molecule has 0 amide bonds. The van der Waals surface area contributed by atoms with E-state index in [1.165, 1.54) is 0 Å². The first-order valence-electron chi connectivity index (χ1n) is 4.23. The number of rotatable bonds is 2. The number of hydrogen-bond donors (Lipinski definition) is 0. The molecule has 1 aromatic rings. The van der Waals surface area contributed by atoms with Crippen LogP contribution in [0.1, 0.15) is 16.7 Å². The maximum absolute atomic E-state index is 6.14. The van der Waals surface area contributed by atoms with Crippen molar-refractivity contribution in [3.8, 4) is 0 Å². The third-order valence-electron chi connectivity index (χ3n) is 2.07. The van der Waals surface area contributed by atoms with Gasteiger partial charge in [0.15, 0.2) is 0 Å². The first-order valence-corrected chi connectivity index (χ1v) is 10.2. The molecule has 1 aromatic carbocycles. The molecule has 0 saturated heterocycles. The van der Waals surface area contributed by atoms with E-state index < -0.39 is 6.00 Å². The van der Waals surface area contributed by atoms with Crippen LogP contribution in [0.2, 0.25) is 10.0 Å². The molecule has 1 rings (SSSR count). The lowest BCUT2D eigenvalue weighted by Crippen LogP contribution is -2.15. The molecule has 0 spiro atoms. The fourth-order valence-electron chi connectivity index (χ4n) is 1.37. The van der Waals surface area contributed by atoms with Crippen LogP contribution in [0.4, 0.5) is 0 Å². The SMILES string of the molecule is Cc1cc(C[Si](Cl)(Cl)Cl)c(Cl)c(C)c1Cl. The summed E-state index contributed by atoms with van der Waals surface area (Å²) < 4.78 is 0. The number of hydrogen-bond acceptors (Lipinski definition) is 0. The average molecular weight is 323 g/mol. The van der Waals surface area contributed by atoms with Gasteiger partial charge < -0.3 is 0 Å². The van der Waals surface area contributed by atoms with Crippen molar-refractivity contribution in [2.24, 2.45) is 0 Å². The quantitative estimate of drug-likeness (QED) is 0.509. The summed E-state index contributed by atoms with van der Waals surface area (Å²) in [6.07, 6.45) is 0. The second kappa shape index (κ2) is 5.03. The number of halogens is 5. The molecule has 0 fully saturated rings. The van der Waals surface area contributed by atoms with E-state index in [1.807, 2.05) is 19.9 Å². The molecule has 0 aromatic heterocycles. The third kappa shape index (κ3) is 3.69.